The molecule has 8 nitrogen and oxygen atoms in total. The number of hydrogen-bond acceptors (Lipinski definition) is 8. The Labute approximate surface area is 197 Å². The van der Waals surface area contributed by atoms with E-state index in [1.54, 1.807) is 12.1 Å². The van der Waals surface area contributed by atoms with Crippen LogP contribution in [0.1, 0.15) is 21.6 Å². The van der Waals surface area contributed by atoms with Crippen LogP contribution in [0.2, 0.25) is 10.0 Å². The molecule has 11 heteroatoms. The molecule has 170 valence electrons. The molecule has 33 heavy (non-hydrogen) atoms. The molecule has 0 aliphatic carbocycles. The largest absolute Gasteiger partial charge is 0.492 e. The monoisotopic (exact) mass is 491 g/mol. The smallest absolute Gasteiger partial charge is 0.359 e. The van der Waals surface area contributed by atoms with Crippen molar-refractivity contribution in [3.05, 3.63) is 82.0 Å². The zero-order valence-corrected chi connectivity index (χ0v) is 18.6. The molecule has 0 aliphatic rings. The lowest BCUT2D eigenvalue weighted by Crippen LogP contribution is -2.13. The minimum Gasteiger partial charge on any atom is -0.492 e. The Hall–Kier alpha value is -3.56. The van der Waals surface area contributed by atoms with Gasteiger partial charge in [0.25, 0.3) is 0 Å². The van der Waals surface area contributed by atoms with Crippen molar-refractivity contribution in [2.45, 2.75) is 13.2 Å². The van der Waals surface area contributed by atoms with E-state index in [0.29, 0.717) is 5.56 Å². The van der Waals surface area contributed by atoms with E-state index in [4.69, 9.17) is 41.5 Å². The molecule has 0 saturated carbocycles. The number of anilines is 1. The van der Waals surface area contributed by atoms with Gasteiger partial charge in [-0.25, -0.2) is 19.2 Å². The molecule has 0 aliphatic heterocycles. The lowest BCUT2D eigenvalue weighted by molar-refractivity contribution is 0.0465. The highest BCUT2D eigenvalue weighted by Crippen LogP contribution is 2.35. The fourth-order valence-corrected chi connectivity index (χ4v) is 3.33. The third-order valence-corrected chi connectivity index (χ3v) is 5.18. The number of furan rings is 2. The minimum atomic E-state index is -0.822. The average Bonchev–Trinajstić information content (AvgIpc) is 3.52. The zero-order valence-electron chi connectivity index (χ0n) is 17.1. The molecule has 0 unspecified atom stereocenters. The summed E-state index contributed by atoms with van der Waals surface area (Å²) >= 11 is 12.4. The number of halogens is 3. The molecule has 0 amide bonds. The summed E-state index contributed by atoms with van der Waals surface area (Å²) in [7, 11) is 1.29. The molecule has 4 aromatic rings. The third-order valence-electron chi connectivity index (χ3n) is 4.53. The summed E-state index contributed by atoms with van der Waals surface area (Å²) in [6, 6.07) is 6.20. The Morgan fingerprint density at radius 2 is 1.82 bits per heavy atom. The number of esters is 1. The van der Waals surface area contributed by atoms with Gasteiger partial charge in [0.1, 0.15) is 17.4 Å². The summed E-state index contributed by atoms with van der Waals surface area (Å²) in [5, 5.41) is 3.00. The molecule has 3 aromatic heterocycles. The second kappa shape index (κ2) is 9.93. The summed E-state index contributed by atoms with van der Waals surface area (Å²) in [6.07, 6.45) is 5.94. The molecule has 1 aromatic carbocycles. The van der Waals surface area contributed by atoms with Crippen molar-refractivity contribution in [1.29, 1.82) is 0 Å². The summed E-state index contributed by atoms with van der Waals surface area (Å²) in [5.74, 6) is -1.80. The number of ether oxygens (including phenoxy) is 2. The number of methoxy groups -OCH3 is 1. The molecular formula is C22H16Cl2FN3O5. The van der Waals surface area contributed by atoms with Crippen LogP contribution in [0.5, 0.6) is 5.75 Å². The zero-order chi connectivity index (χ0) is 23.4. The van der Waals surface area contributed by atoms with E-state index in [1.807, 2.05) is 0 Å². The first-order valence-electron chi connectivity index (χ1n) is 9.51. The molecule has 0 bridgehead atoms. The number of carbonyl (C=O) groups excluding carboxylic acids is 1. The van der Waals surface area contributed by atoms with Crippen LogP contribution in [0, 0.1) is 5.82 Å². The van der Waals surface area contributed by atoms with Crippen LogP contribution in [-0.2, 0) is 17.9 Å². The van der Waals surface area contributed by atoms with E-state index >= 15 is 4.39 Å². The SMILES string of the molecule is COc1c(Cl)ccc(-c2nc(NCc3ccoc3)c(Cl)c(C(=O)OCc3ccoc3)n2)c1F. The van der Waals surface area contributed by atoms with Crippen LogP contribution >= 0.6 is 23.2 Å². The minimum absolute atomic E-state index is 0.0387. The van der Waals surface area contributed by atoms with Crippen LogP contribution in [0.4, 0.5) is 10.2 Å². The Bertz CT molecular complexity index is 1260. The van der Waals surface area contributed by atoms with Gasteiger partial charge in [0.2, 0.25) is 0 Å². The molecule has 0 saturated heterocycles. The lowest BCUT2D eigenvalue weighted by atomic mass is 10.1. The average molecular weight is 492 g/mol. The van der Waals surface area contributed by atoms with E-state index in [0.717, 1.165) is 5.56 Å². The van der Waals surface area contributed by atoms with Crippen LogP contribution in [-0.4, -0.2) is 23.0 Å². The highest BCUT2D eigenvalue weighted by molar-refractivity contribution is 6.35. The van der Waals surface area contributed by atoms with Gasteiger partial charge in [-0.05, 0) is 24.3 Å². The summed E-state index contributed by atoms with van der Waals surface area (Å²) in [4.78, 5) is 21.3. The number of hydrogen-bond donors (Lipinski definition) is 1. The molecule has 0 spiro atoms. The van der Waals surface area contributed by atoms with Gasteiger partial charge in [-0.2, -0.15) is 0 Å². The molecular weight excluding hydrogens is 476 g/mol. The van der Waals surface area contributed by atoms with E-state index in [-0.39, 0.29) is 51.8 Å². The Morgan fingerprint density at radius 3 is 2.48 bits per heavy atom. The van der Waals surface area contributed by atoms with Crippen molar-refractivity contribution in [2.24, 2.45) is 0 Å². The summed E-state index contributed by atoms with van der Waals surface area (Å²) in [6.45, 7) is 0.217. The second-order valence-corrected chi connectivity index (χ2v) is 7.48. The first kappa shape index (κ1) is 22.6. The van der Waals surface area contributed by atoms with Gasteiger partial charge in [0, 0.05) is 17.7 Å². The van der Waals surface area contributed by atoms with Crippen LogP contribution in [0.15, 0.2) is 58.2 Å². The normalized spacial score (nSPS) is 10.8. The highest BCUT2D eigenvalue weighted by Gasteiger charge is 2.24. The second-order valence-electron chi connectivity index (χ2n) is 6.69. The number of benzene rings is 1. The quantitative estimate of drug-likeness (QED) is 0.311. The van der Waals surface area contributed by atoms with Gasteiger partial charge in [-0.15, -0.1) is 0 Å². The van der Waals surface area contributed by atoms with Gasteiger partial charge < -0.3 is 23.6 Å². The van der Waals surface area contributed by atoms with Crippen molar-refractivity contribution in [1.82, 2.24) is 9.97 Å². The van der Waals surface area contributed by atoms with E-state index < -0.39 is 11.8 Å². The number of rotatable bonds is 8. The Kier molecular flexibility index (Phi) is 6.81. The fraction of sp³-hybridized carbons (Fsp3) is 0.136. The molecule has 0 atom stereocenters. The van der Waals surface area contributed by atoms with Crippen molar-refractivity contribution in [2.75, 3.05) is 12.4 Å². The number of aromatic nitrogens is 2. The fourth-order valence-electron chi connectivity index (χ4n) is 2.88. The maximum atomic E-state index is 15.0. The van der Waals surface area contributed by atoms with Crippen LogP contribution < -0.4 is 10.1 Å². The molecule has 4 rings (SSSR count). The predicted octanol–water partition coefficient (Wildman–Crippen LogP) is 5.75. The van der Waals surface area contributed by atoms with E-state index in [2.05, 4.69) is 15.3 Å². The van der Waals surface area contributed by atoms with Crippen LogP contribution in [0.3, 0.4) is 0 Å². The third kappa shape index (κ3) is 4.94. The van der Waals surface area contributed by atoms with E-state index in [1.165, 1.54) is 44.3 Å². The van der Waals surface area contributed by atoms with Gasteiger partial charge in [-0.3, -0.25) is 0 Å². The standard InChI is InChI=1S/C22H16Cl2FN3O5/c1-30-19-15(23)3-2-14(17(19)25)20-27-18(22(29)33-11-13-5-7-32-10-13)16(24)21(28-20)26-8-12-4-6-31-9-12/h2-7,9-10H,8,11H2,1H3,(H,26,27,28). The maximum absolute atomic E-state index is 15.0. The van der Waals surface area contributed by atoms with Gasteiger partial charge in [0.15, 0.2) is 23.1 Å². The number of carbonyl (C=O) groups is 1. The predicted molar refractivity (Wildman–Crippen MR) is 118 cm³/mol. The summed E-state index contributed by atoms with van der Waals surface area (Å²) in [5.41, 5.74) is 1.16. The maximum Gasteiger partial charge on any atom is 0.359 e. The molecule has 0 fully saturated rings. The van der Waals surface area contributed by atoms with Crippen molar-refractivity contribution in [3.63, 3.8) is 0 Å². The first-order valence-corrected chi connectivity index (χ1v) is 10.3. The topological polar surface area (TPSA) is 99.6 Å². The Morgan fingerprint density at radius 1 is 1.09 bits per heavy atom. The Balaban J connectivity index is 1.73. The summed E-state index contributed by atoms with van der Waals surface area (Å²) < 4.78 is 35.4. The lowest BCUT2D eigenvalue weighted by Gasteiger charge is -2.14. The van der Waals surface area contributed by atoms with Crippen LogP contribution in [0.25, 0.3) is 11.4 Å². The number of nitrogens with zero attached hydrogens (tertiary/aromatic N) is 2. The van der Waals surface area contributed by atoms with Gasteiger partial charge in [-0.1, -0.05) is 23.2 Å². The van der Waals surface area contributed by atoms with Crippen molar-refractivity contribution in [3.8, 4) is 17.1 Å². The van der Waals surface area contributed by atoms with Crippen molar-refractivity contribution >= 4 is 35.0 Å². The molecule has 3 heterocycles. The highest BCUT2D eigenvalue weighted by atomic mass is 35.5. The van der Waals surface area contributed by atoms with Crippen molar-refractivity contribution < 1.29 is 27.5 Å². The van der Waals surface area contributed by atoms with Gasteiger partial charge >= 0.3 is 5.97 Å². The molecule has 1 N–H and O–H groups in total. The van der Waals surface area contributed by atoms with E-state index in [9.17, 15) is 4.79 Å². The van der Waals surface area contributed by atoms with Gasteiger partial charge in [0.05, 0.1) is 42.7 Å². The first-order chi connectivity index (χ1) is 16.0. The molecule has 0 radical (unpaired) electrons. The number of nitrogens with one attached hydrogen (secondary N) is 1.